The molecule has 4 N–H and O–H groups in total. The van der Waals surface area contributed by atoms with Crippen LogP contribution in [0.3, 0.4) is 0 Å². The van der Waals surface area contributed by atoms with Crippen LogP contribution in [0.5, 0.6) is 0 Å². The molecule has 9 heteroatoms. The summed E-state index contributed by atoms with van der Waals surface area (Å²) < 4.78 is 4.52. The van der Waals surface area contributed by atoms with E-state index in [1.165, 1.54) is 0 Å². The van der Waals surface area contributed by atoms with Crippen LogP contribution in [0.2, 0.25) is 0 Å². The van der Waals surface area contributed by atoms with Gasteiger partial charge in [-0.25, -0.2) is 9.59 Å². The molecule has 0 heterocycles. The van der Waals surface area contributed by atoms with E-state index >= 15 is 0 Å². The number of hydrogen-bond donors (Lipinski definition) is 4. The van der Waals surface area contributed by atoms with E-state index < -0.39 is 42.9 Å². The molecule has 0 aliphatic rings. The molecule has 0 aliphatic heterocycles. The van der Waals surface area contributed by atoms with E-state index in [1.54, 1.807) is 6.92 Å². The van der Waals surface area contributed by atoms with Gasteiger partial charge in [-0.15, -0.1) is 0 Å². The molecule has 2 amide bonds. The third-order valence-corrected chi connectivity index (χ3v) is 1.68. The van der Waals surface area contributed by atoms with Gasteiger partial charge in [-0.05, 0) is 6.92 Å². The standard InChI is InChI=1S/C9H14N2O7/c1-2-18-7(14)4-10-9(17)11-5(8(15)16)3-6(12)13/h5H,2-4H2,1H3,(H,12,13)(H,15,16)(H2,10,11,17)/t5-/m0/s1. The molecule has 0 radical (unpaired) electrons. The molecule has 102 valence electrons. The van der Waals surface area contributed by atoms with Gasteiger partial charge in [0.1, 0.15) is 12.6 Å². The summed E-state index contributed by atoms with van der Waals surface area (Å²) in [7, 11) is 0. The number of nitrogens with one attached hydrogen (secondary N) is 2. The first kappa shape index (κ1) is 15.7. The predicted octanol–water partition coefficient (Wildman–Crippen LogP) is -1.22. The minimum Gasteiger partial charge on any atom is -0.481 e. The van der Waals surface area contributed by atoms with E-state index in [2.05, 4.69) is 4.74 Å². The number of carbonyl (C=O) groups excluding carboxylic acids is 2. The molecule has 0 fully saturated rings. The molecule has 18 heavy (non-hydrogen) atoms. The maximum atomic E-state index is 11.2. The topological polar surface area (TPSA) is 142 Å². The number of esters is 1. The van der Waals surface area contributed by atoms with Crippen molar-refractivity contribution in [2.24, 2.45) is 0 Å². The zero-order valence-electron chi connectivity index (χ0n) is 9.63. The number of urea groups is 1. The summed E-state index contributed by atoms with van der Waals surface area (Å²) in [5.41, 5.74) is 0. The van der Waals surface area contributed by atoms with Crippen molar-refractivity contribution >= 4 is 23.9 Å². The molecule has 0 unspecified atom stereocenters. The van der Waals surface area contributed by atoms with Crippen molar-refractivity contribution in [1.82, 2.24) is 10.6 Å². The fourth-order valence-electron chi connectivity index (χ4n) is 0.948. The summed E-state index contributed by atoms with van der Waals surface area (Å²) in [5, 5.41) is 21.0. The van der Waals surface area contributed by atoms with Gasteiger partial charge >= 0.3 is 23.9 Å². The van der Waals surface area contributed by atoms with Crippen molar-refractivity contribution in [3.05, 3.63) is 0 Å². The van der Waals surface area contributed by atoms with E-state index in [-0.39, 0.29) is 6.61 Å². The number of carboxylic acids is 2. The number of carbonyl (C=O) groups is 4. The summed E-state index contributed by atoms with van der Waals surface area (Å²) in [4.78, 5) is 43.0. The molecular weight excluding hydrogens is 248 g/mol. The fourth-order valence-corrected chi connectivity index (χ4v) is 0.948. The zero-order chi connectivity index (χ0) is 14.1. The quantitative estimate of drug-likeness (QED) is 0.421. The Kier molecular flexibility index (Phi) is 6.86. The third kappa shape index (κ3) is 7.04. The lowest BCUT2D eigenvalue weighted by molar-refractivity contribution is -0.145. The van der Waals surface area contributed by atoms with Gasteiger partial charge in [0.15, 0.2) is 0 Å². The summed E-state index contributed by atoms with van der Waals surface area (Å²) in [6.07, 6.45) is -0.762. The highest BCUT2D eigenvalue weighted by Gasteiger charge is 2.23. The molecule has 0 saturated carbocycles. The second-order valence-electron chi connectivity index (χ2n) is 3.12. The molecule has 0 aromatic heterocycles. The average Bonchev–Trinajstić information content (AvgIpc) is 2.25. The maximum absolute atomic E-state index is 11.2. The van der Waals surface area contributed by atoms with E-state index in [9.17, 15) is 19.2 Å². The number of amides is 2. The van der Waals surface area contributed by atoms with Crippen molar-refractivity contribution in [2.45, 2.75) is 19.4 Å². The maximum Gasteiger partial charge on any atom is 0.326 e. The Morgan fingerprint density at radius 2 is 1.83 bits per heavy atom. The molecule has 0 rings (SSSR count). The molecule has 1 atom stereocenters. The van der Waals surface area contributed by atoms with Crippen LogP contribution < -0.4 is 10.6 Å². The summed E-state index contributed by atoms with van der Waals surface area (Å²) in [6.45, 7) is 1.31. The fraction of sp³-hybridized carbons (Fsp3) is 0.556. The molecule has 9 nitrogen and oxygen atoms in total. The van der Waals surface area contributed by atoms with Crippen molar-refractivity contribution in [3.8, 4) is 0 Å². The monoisotopic (exact) mass is 262 g/mol. The lowest BCUT2D eigenvalue weighted by Crippen LogP contribution is -2.48. The van der Waals surface area contributed by atoms with E-state index in [1.807, 2.05) is 10.6 Å². The molecule has 0 aromatic carbocycles. The zero-order valence-corrected chi connectivity index (χ0v) is 9.63. The highest BCUT2D eigenvalue weighted by atomic mass is 16.5. The van der Waals surface area contributed by atoms with Crippen LogP contribution in [-0.2, 0) is 19.1 Å². The lowest BCUT2D eigenvalue weighted by Gasteiger charge is -2.12. The highest BCUT2D eigenvalue weighted by molar-refractivity contribution is 5.87. The Balaban J connectivity index is 4.14. The van der Waals surface area contributed by atoms with Gasteiger partial charge < -0.3 is 25.6 Å². The third-order valence-electron chi connectivity index (χ3n) is 1.68. The summed E-state index contributed by atoms with van der Waals surface area (Å²) in [5.74, 6) is -3.53. The van der Waals surface area contributed by atoms with Crippen LogP contribution in [0, 0.1) is 0 Å². The smallest absolute Gasteiger partial charge is 0.326 e. The number of rotatable bonds is 7. The average molecular weight is 262 g/mol. The molecule has 0 aromatic rings. The summed E-state index contributed by atoms with van der Waals surface area (Å²) in [6, 6.07) is -2.53. The van der Waals surface area contributed by atoms with Gasteiger partial charge in [-0.1, -0.05) is 0 Å². The predicted molar refractivity (Wildman–Crippen MR) is 56.8 cm³/mol. The van der Waals surface area contributed by atoms with Crippen LogP contribution in [-0.4, -0.2) is 53.3 Å². The largest absolute Gasteiger partial charge is 0.481 e. The van der Waals surface area contributed by atoms with Gasteiger partial charge in [0.05, 0.1) is 13.0 Å². The lowest BCUT2D eigenvalue weighted by atomic mass is 10.2. The van der Waals surface area contributed by atoms with Crippen LogP contribution in [0.15, 0.2) is 0 Å². The minimum atomic E-state index is -1.57. The van der Waals surface area contributed by atoms with Crippen molar-refractivity contribution in [3.63, 3.8) is 0 Å². The van der Waals surface area contributed by atoms with Crippen LogP contribution in [0.4, 0.5) is 4.79 Å². The Morgan fingerprint density at radius 1 is 1.22 bits per heavy atom. The number of carboxylic acid groups (broad SMARTS) is 2. The Morgan fingerprint density at radius 3 is 2.28 bits per heavy atom. The van der Waals surface area contributed by atoms with E-state index in [4.69, 9.17) is 10.2 Å². The molecule has 0 saturated heterocycles. The number of hydrogen-bond acceptors (Lipinski definition) is 5. The first-order chi connectivity index (χ1) is 8.36. The normalized spacial score (nSPS) is 11.2. The van der Waals surface area contributed by atoms with Gasteiger partial charge in [-0.3, -0.25) is 9.59 Å². The second kappa shape index (κ2) is 7.87. The van der Waals surface area contributed by atoms with Gasteiger partial charge in [0.25, 0.3) is 0 Å². The Bertz CT molecular complexity index is 342. The Hall–Kier alpha value is -2.32. The van der Waals surface area contributed by atoms with Gasteiger partial charge in [0, 0.05) is 0 Å². The van der Waals surface area contributed by atoms with Crippen molar-refractivity contribution in [1.29, 1.82) is 0 Å². The first-order valence-electron chi connectivity index (χ1n) is 5.01. The molecular formula is C9H14N2O7. The van der Waals surface area contributed by atoms with E-state index in [0.29, 0.717) is 0 Å². The minimum absolute atomic E-state index is 0.152. The SMILES string of the molecule is CCOC(=O)CNC(=O)N[C@@H](CC(=O)O)C(=O)O. The van der Waals surface area contributed by atoms with Crippen LogP contribution in [0.1, 0.15) is 13.3 Å². The molecule has 0 aliphatic carbocycles. The molecule has 0 bridgehead atoms. The summed E-state index contributed by atoms with van der Waals surface area (Å²) >= 11 is 0. The van der Waals surface area contributed by atoms with Crippen LogP contribution in [0.25, 0.3) is 0 Å². The first-order valence-corrected chi connectivity index (χ1v) is 5.01. The number of ether oxygens (including phenoxy) is 1. The van der Waals surface area contributed by atoms with Gasteiger partial charge in [-0.2, -0.15) is 0 Å². The van der Waals surface area contributed by atoms with Gasteiger partial charge in [0.2, 0.25) is 0 Å². The number of aliphatic carboxylic acids is 2. The van der Waals surface area contributed by atoms with Crippen LogP contribution >= 0.6 is 0 Å². The van der Waals surface area contributed by atoms with Crippen molar-refractivity contribution < 1.29 is 34.1 Å². The highest BCUT2D eigenvalue weighted by Crippen LogP contribution is 1.92. The Labute approximate surface area is 102 Å². The molecule has 0 spiro atoms. The van der Waals surface area contributed by atoms with E-state index in [0.717, 1.165) is 0 Å². The second-order valence-corrected chi connectivity index (χ2v) is 3.12. The van der Waals surface area contributed by atoms with Crippen molar-refractivity contribution in [2.75, 3.05) is 13.2 Å².